The number of ether oxygens (including phenoxy) is 2. The van der Waals surface area contributed by atoms with E-state index in [-0.39, 0.29) is 12.1 Å². The quantitative estimate of drug-likeness (QED) is 0.0932. The number of likely N-dealkylation sites (N-methyl/N-ethyl adjacent to an activating group) is 1. The van der Waals surface area contributed by atoms with Crippen LogP contribution < -0.4 is 4.74 Å². The number of carbonyl (C=O) groups excluding carboxylic acids is 1. The van der Waals surface area contributed by atoms with E-state index in [0.717, 1.165) is 18.7 Å². The number of nitrogens with zero attached hydrogens (tertiary/aromatic N) is 1. The van der Waals surface area contributed by atoms with E-state index < -0.39 is 0 Å². The molecule has 38 heavy (non-hydrogen) atoms. The molecule has 0 aliphatic heterocycles. The van der Waals surface area contributed by atoms with Crippen LogP contribution in [0.5, 0.6) is 5.75 Å². The molecule has 1 unspecified atom stereocenters. The van der Waals surface area contributed by atoms with E-state index in [4.69, 9.17) is 9.47 Å². The molecule has 0 spiro atoms. The minimum Gasteiger partial charge on any atom is -0.491 e. The summed E-state index contributed by atoms with van der Waals surface area (Å²) in [5.41, 5.74) is 2.56. The molecule has 0 aliphatic rings. The Hall–Kier alpha value is -2.33. The number of aryl methyl sites for hydroxylation is 1. The van der Waals surface area contributed by atoms with Crippen molar-refractivity contribution in [3.05, 3.63) is 65.7 Å². The summed E-state index contributed by atoms with van der Waals surface area (Å²) in [6.07, 6.45) is 16.8. The summed E-state index contributed by atoms with van der Waals surface area (Å²) in [4.78, 5) is 12.4. The number of benzene rings is 2. The van der Waals surface area contributed by atoms with Crippen LogP contribution in [0, 0.1) is 0 Å². The zero-order chi connectivity index (χ0) is 27.5. The molecule has 0 aromatic heterocycles. The lowest BCUT2D eigenvalue weighted by atomic mass is 10.0. The van der Waals surface area contributed by atoms with E-state index in [2.05, 4.69) is 51.4 Å². The van der Waals surface area contributed by atoms with E-state index in [1.165, 1.54) is 81.8 Å². The van der Waals surface area contributed by atoms with Crippen LogP contribution in [0.1, 0.15) is 102 Å². The number of hydrogen-bond acceptors (Lipinski definition) is 3. The molecule has 0 saturated carbocycles. The molecule has 212 valence electrons. The normalized spacial score (nSPS) is 12.3. The van der Waals surface area contributed by atoms with Crippen LogP contribution in [0.15, 0.2) is 54.6 Å². The van der Waals surface area contributed by atoms with Gasteiger partial charge < -0.3 is 14.0 Å². The van der Waals surface area contributed by atoms with E-state index in [0.29, 0.717) is 24.1 Å². The first kappa shape index (κ1) is 31.9. The Morgan fingerprint density at radius 1 is 0.789 bits per heavy atom. The maximum atomic E-state index is 12.4. The van der Waals surface area contributed by atoms with Crippen LogP contribution in [0.25, 0.3) is 0 Å². The van der Waals surface area contributed by atoms with Gasteiger partial charge in [0.2, 0.25) is 0 Å². The van der Waals surface area contributed by atoms with E-state index >= 15 is 0 Å². The molecule has 2 rings (SSSR count). The molecule has 2 aromatic rings. The lowest BCUT2D eigenvalue weighted by Gasteiger charge is -2.28. The van der Waals surface area contributed by atoms with Crippen LogP contribution in [0.3, 0.4) is 0 Å². The van der Waals surface area contributed by atoms with Crippen LogP contribution in [-0.2, 0) is 22.5 Å². The predicted octanol–water partition coefficient (Wildman–Crippen LogP) is 8.52. The second-order valence-corrected chi connectivity index (χ2v) is 11.6. The number of esters is 1. The Morgan fingerprint density at radius 2 is 1.39 bits per heavy atom. The molecular formula is C34H54NO3+. The Morgan fingerprint density at radius 3 is 2.05 bits per heavy atom. The number of unbranched alkanes of at least 4 members (excludes halogenated alkanes) is 10. The monoisotopic (exact) mass is 524 g/mol. The average Bonchev–Trinajstić information content (AvgIpc) is 2.87. The molecule has 4 heteroatoms. The highest BCUT2D eigenvalue weighted by Gasteiger charge is 2.22. The Bertz CT molecular complexity index is 880. The van der Waals surface area contributed by atoms with E-state index in [1.807, 2.05) is 31.2 Å². The zero-order valence-corrected chi connectivity index (χ0v) is 24.8. The molecule has 0 aliphatic carbocycles. The maximum Gasteiger partial charge on any atom is 0.361 e. The van der Waals surface area contributed by atoms with Gasteiger partial charge in [-0.1, -0.05) is 114 Å². The summed E-state index contributed by atoms with van der Waals surface area (Å²) in [5, 5.41) is 0. The fourth-order valence-corrected chi connectivity index (χ4v) is 4.93. The van der Waals surface area contributed by atoms with Crippen molar-refractivity contribution < 1.29 is 18.8 Å². The smallest absolute Gasteiger partial charge is 0.361 e. The first-order valence-electron chi connectivity index (χ1n) is 15.1. The van der Waals surface area contributed by atoms with Crippen LogP contribution in [0.2, 0.25) is 0 Å². The number of quaternary nitrogens is 1. The van der Waals surface area contributed by atoms with Crippen molar-refractivity contribution in [3.63, 3.8) is 0 Å². The molecular weight excluding hydrogens is 470 g/mol. The van der Waals surface area contributed by atoms with Gasteiger partial charge in [-0.15, -0.1) is 0 Å². The first-order chi connectivity index (χ1) is 18.4. The van der Waals surface area contributed by atoms with Crippen LogP contribution >= 0.6 is 0 Å². The van der Waals surface area contributed by atoms with Crippen molar-refractivity contribution in [1.82, 2.24) is 0 Å². The third-order valence-electron chi connectivity index (χ3n) is 7.10. The van der Waals surface area contributed by atoms with Crippen LogP contribution in [-0.4, -0.2) is 43.8 Å². The van der Waals surface area contributed by atoms with Crippen molar-refractivity contribution in [3.8, 4) is 5.75 Å². The Balaban J connectivity index is 1.56. The molecule has 0 bridgehead atoms. The third-order valence-corrected chi connectivity index (χ3v) is 7.10. The molecule has 0 fully saturated rings. The minimum atomic E-state index is -0.160. The average molecular weight is 525 g/mol. The molecule has 2 aromatic carbocycles. The zero-order valence-electron chi connectivity index (χ0n) is 24.8. The van der Waals surface area contributed by atoms with Crippen LogP contribution in [0.4, 0.5) is 0 Å². The van der Waals surface area contributed by atoms with Gasteiger partial charge in [-0.2, -0.15) is 0 Å². The van der Waals surface area contributed by atoms with Gasteiger partial charge in [0.25, 0.3) is 0 Å². The molecule has 0 N–H and O–H groups in total. The fourth-order valence-electron chi connectivity index (χ4n) is 4.93. The SMILES string of the molecule is CCCCCCCCCCCCCc1cccc(OC(C)CCOC(=O)C[N+](C)(C)Cc2ccccc2)c1. The highest BCUT2D eigenvalue weighted by molar-refractivity contribution is 5.70. The highest BCUT2D eigenvalue weighted by Crippen LogP contribution is 2.19. The van der Waals surface area contributed by atoms with Gasteiger partial charge in [0.1, 0.15) is 12.3 Å². The van der Waals surface area contributed by atoms with Crippen molar-refractivity contribution in [2.45, 2.75) is 110 Å². The van der Waals surface area contributed by atoms with Crippen molar-refractivity contribution >= 4 is 5.97 Å². The van der Waals surface area contributed by atoms with E-state index in [1.54, 1.807) is 0 Å². The predicted molar refractivity (Wildman–Crippen MR) is 159 cm³/mol. The Labute approximate surface area is 233 Å². The number of carbonyl (C=O) groups is 1. The van der Waals surface area contributed by atoms with Gasteiger partial charge in [0.05, 0.1) is 26.8 Å². The molecule has 0 radical (unpaired) electrons. The van der Waals surface area contributed by atoms with Gasteiger partial charge in [0.15, 0.2) is 6.54 Å². The summed E-state index contributed by atoms with van der Waals surface area (Å²) in [6, 6.07) is 18.7. The second-order valence-electron chi connectivity index (χ2n) is 11.6. The van der Waals surface area contributed by atoms with Crippen molar-refractivity contribution in [1.29, 1.82) is 0 Å². The number of hydrogen-bond donors (Lipinski definition) is 0. The third kappa shape index (κ3) is 15.2. The Kier molecular flexibility index (Phi) is 15.8. The molecule has 0 saturated heterocycles. The molecule has 0 heterocycles. The van der Waals surface area contributed by atoms with E-state index in [9.17, 15) is 4.79 Å². The van der Waals surface area contributed by atoms with Crippen molar-refractivity contribution in [2.24, 2.45) is 0 Å². The van der Waals surface area contributed by atoms with Gasteiger partial charge >= 0.3 is 5.97 Å². The highest BCUT2D eigenvalue weighted by atomic mass is 16.5. The van der Waals surface area contributed by atoms with Crippen molar-refractivity contribution in [2.75, 3.05) is 27.2 Å². The minimum absolute atomic E-state index is 0.00755. The number of rotatable bonds is 21. The summed E-state index contributed by atoms with van der Waals surface area (Å²) in [6.45, 7) is 5.85. The summed E-state index contributed by atoms with van der Waals surface area (Å²) in [7, 11) is 4.12. The summed E-state index contributed by atoms with van der Waals surface area (Å²) >= 11 is 0. The standard InChI is InChI=1S/C34H54NO3/c1-5-6-7-8-9-10-11-12-13-14-16-20-31-23-19-24-33(27-31)38-30(2)25-26-37-34(36)29-35(3,4)28-32-21-17-15-18-22-32/h15,17-19,21-24,27,30H,5-14,16,20,25-26,28-29H2,1-4H3/q+1. The van der Waals surface area contributed by atoms with Gasteiger partial charge in [-0.05, 0) is 37.5 Å². The summed E-state index contributed by atoms with van der Waals surface area (Å²) in [5.74, 6) is 0.747. The molecule has 1 atom stereocenters. The molecule has 4 nitrogen and oxygen atoms in total. The van der Waals surface area contributed by atoms with Gasteiger partial charge in [-0.3, -0.25) is 0 Å². The molecule has 0 amide bonds. The second kappa shape index (κ2) is 18.8. The van der Waals surface area contributed by atoms with Gasteiger partial charge in [0, 0.05) is 12.0 Å². The maximum absolute atomic E-state index is 12.4. The van der Waals surface area contributed by atoms with Gasteiger partial charge in [-0.25, -0.2) is 4.79 Å². The largest absolute Gasteiger partial charge is 0.491 e. The lowest BCUT2D eigenvalue weighted by molar-refractivity contribution is -0.896. The lowest BCUT2D eigenvalue weighted by Crippen LogP contribution is -2.43. The first-order valence-corrected chi connectivity index (χ1v) is 15.1. The fraction of sp³-hybridized carbons (Fsp3) is 0.618. The summed E-state index contributed by atoms with van der Waals surface area (Å²) < 4.78 is 12.2. The topological polar surface area (TPSA) is 35.5 Å².